The van der Waals surface area contributed by atoms with Crippen LogP contribution >= 0.6 is 0 Å². The van der Waals surface area contributed by atoms with Gasteiger partial charge in [0.05, 0.1) is 12.3 Å². The maximum absolute atomic E-state index is 12.3. The SMILES string of the molecule is CCOc1cccc(OCC(=O)Nc2cccc(-c3ccc4nnc(C)n4n3)c2)c1. The van der Waals surface area contributed by atoms with Crippen LogP contribution in [0.4, 0.5) is 5.69 Å². The zero-order chi connectivity index (χ0) is 20.9. The monoisotopic (exact) mass is 403 g/mol. The van der Waals surface area contributed by atoms with Gasteiger partial charge in [0.2, 0.25) is 0 Å². The molecular weight excluding hydrogens is 382 g/mol. The average Bonchev–Trinajstić information content (AvgIpc) is 3.13. The number of anilines is 1. The van der Waals surface area contributed by atoms with Crippen molar-refractivity contribution in [1.29, 1.82) is 0 Å². The Morgan fingerprint density at radius 3 is 2.63 bits per heavy atom. The molecule has 1 amide bonds. The summed E-state index contributed by atoms with van der Waals surface area (Å²) in [4.78, 5) is 12.3. The number of carbonyl (C=O) groups is 1. The minimum absolute atomic E-state index is 0.107. The Kier molecular flexibility index (Phi) is 5.56. The van der Waals surface area contributed by atoms with Gasteiger partial charge in [0.25, 0.3) is 5.91 Å². The molecule has 0 atom stereocenters. The van der Waals surface area contributed by atoms with E-state index in [-0.39, 0.29) is 12.5 Å². The molecule has 1 N–H and O–H groups in total. The number of hydrogen-bond donors (Lipinski definition) is 1. The van der Waals surface area contributed by atoms with Gasteiger partial charge in [0.1, 0.15) is 11.5 Å². The maximum Gasteiger partial charge on any atom is 0.262 e. The molecule has 2 aromatic heterocycles. The second-order valence-electron chi connectivity index (χ2n) is 6.56. The van der Waals surface area contributed by atoms with Gasteiger partial charge in [-0.2, -0.15) is 9.61 Å². The van der Waals surface area contributed by atoms with E-state index in [1.165, 1.54) is 0 Å². The summed E-state index contributed by atoms with van der Waals surface area (Å²) in [6.07, 6.45) is 0. The van der Waals surface area contributed by atoms with Crippen molar-refractivity contribution in [2.45, 2.75) is 13.8 Å². The van der Waals surface area contributed by atoms with Crippen molar-refractivity contribution in [1.82, 2.24) is 19.8 Å². The maximum atomic E-state index is 12.3. The van der Waals surface area contributed by atoms with Gasteiger partial charge in [-0.3, -0.25) is 4.79 Å². The highest BCUT2D eigenvalue weighted by Crippen LogP contribution is 2.22. The summed E-state index contributed by atoms with van der Waals surface area (Å²) in [6.45, 7) is 4.22. The van der Waals surface area contributed by atoms with E-state index in [4.69, 9.17) is 9.47 Å². The normalized spacial score (nSPS) is 10.7. The Morgan fingerprint density at radius 1 is 1.00 bits per heavy atom. The van der Waals surface area contributed by atoms with Crippen molar-refractivity contribution >= 4 is 17.2 Å². The number of hydrogen-bond acceptors (Lipinski definition) is 6. The van der Waals surface area contributed by atoms with Crippen LogP contribution in [0.1, 0.15) is 12.7 Å². The predicted octanol–water partition coefficient (Wildman–Crippen LogP) is 3.52. The minimum atomic E-state index is -0.257. The van der Waals surface area contributed by atoms with Crippen LogP contribution in [0.5, 0.6) is 11.5 Å². The van der Waals surface area contributed by atoms with E-state index >= 15 is 0 Å². The molecule has 0 aliphatic heterocycles. The zero-order valence-corrected chi connectivity index (χ0v) is 16.7. The first-order valence-corrected chi connectivity index (χ1v) is 9.57. The Morgan fingerprint density at radius 2 is 1.80 bits per heavy atom. The number of fused-ring (bicyclic) bond motifs is 1. The van der Waals surface area contributed by atoms with Crippen LogP contribution in [0.2, 0.25) is 0 Å². The van der Waals surface area contributed by atoms with Crippen LogP contribution in [0.25, 0.3) is 16.9 Å². The lowest BCUT2D eigenvalue weighted by Crippen LogP contribution is -2.20. The highest BCUT2D eigenvalue weighted by Gasteiger charge is 2.08. The van der Waals surface area contributed by atoms with Crippen LogP contribution in [0.15, 0.2) is 60.7 Å². The summed E-state index contributed by atoms with van der Waals surface area (Å²) in [5.41, 5.74) is 2.97. The molecule has 4 aromatic rings. The van der Waals surface area contributed by atoms with Crippen molar-refractivity contribution in [2.24, 2.45) is 0 Å². The Hall–Kier alpha value is -3.94. The summed E-state index contributed by atoms with van der Waals surface area (Å²) < 4.78 is 12.7. The molecule has 0 bridgehead atoms. The summed E-state index contributed by atoms with van der Waals surface area (Å²) in [6, 6.07) is 18.4. The number of amides is 1. The Bertz CT molecular complexity index is 1190. The first-order valence-electron chi connectivity index (χ1n) is 9.57. The van der Waals surface area contributed by atoms with Gasteiger partial charge >= 0.3 is 0 Å². The van der Waals surface area contributed by atoms with E-state index in [0.717, 1.165) is 11.3 Å². The summed E-state index contributed by atoms with van der Waals surface area (Å²) in [5.74, 6) is 1.73. The molecule has 0 aliphatic rings. The van der Waals surface area contributed by atoms with Crippen LogP contribution < -0.4 is 14.8 Å². The molecule has 0 fully saturated rings. The van der Waals surface area contributed by atoms with Gasteiger partial charge < -0.3 is 14.8 Å². The largest absolute Gasteiger partial charge is 0.494 e. The van der Waals surface area contributed by atoms with E-state index in [0.29, 0.717) is 35.3 Å². The molecule has 0 radical (unpaired) electrons. The quantitative estimate of drug-likeness (QED) is 0.508. The summed E-state index contributed by atoms with van der Waals surface area (Å²) in [5, 5.41) is 15.5. The molecular formula is C22H21N5O3. The molecule has 152 valence electrons. The predicted molar refractivity (Wildman–Crippen MR) is 113 cm³/mol. The van der Waals surface area contributed by atoms with E-state index < -0.39 is 0 Å². The van der Waals surface area contributed by atoms with Crippen molar-refractivity contribution in [3.8, 4) is 22.8 Å². The van der Waals surface area contributed by atoms with Gasteiger partial charge in [-0.05, 0) is 50.2 Å². The fourth-order valence-corrected chi connectivity index (χ4v) is 2.97. The average molecular weight is 403 g/mol. The van der Waals surface area contributed by atoms with Gasteiger partial charge in [-0.1, -0.05) is 18.2 Å². The smallest absolute Gasteiger partial charge is 0.262 e. The highest BCUT2D eigenvalue weighted by molar-refractivity contribution is 5.92. The molecule has 2 aromatic carbocycles. The van der Waals surface area contributed by atoms with E-state index in [9.17, 15) is 4.79 Å². The molecule has 2 heterocycles. The summed E-state index contributed by atoms with van der Waals surface area (Å²) >= 11 is 0. The van der Waals surface area contributed by atoms with Crippen LogP contribution in [-0.4, -0.2) is 38.9 Å². The molecule has 4 rings (SSSR count). The fraction of sp³-hybridized carbons (Fsp3) is 0.182. The van der Waals surface area contributed by atoms with Crippen molar-refractivity contribution < 1.29 is 14.3 Å². The third kappa shape index (κ3) is 4.38. The lowest BCUT2D eigenvalue weighted by atomic mass is 10.1. The van der Waals surface area contributed by atoms with Crippen LogP contribution in [-0.2, 0) is 4.79 Å². The molecule has 30 heavy (non-hydrogen) atoms. The number of carbonyl (C=O) groups excluding carboxylic acids is 1. The summed E-state index contributed by atoms with van der Waals surface area (Å²) in [7, 11) is 0. The molecule has 8 nitrogen and oxygen atoms in total. The fourth-order valence-electron chi connectivity index (χ4n) is 2.97. The third-order valence-corrected chi connectivity index (χ3v) is 4.35. The number of nitrogens with zero attached hydrogens (tertiary/aromatic N) is 4. The molecule has 0 saturated carbocycles. The van der Waals surface area contributed by atoms with Crippen LogP contribution in [0.3, 0.4) is 0 Å². The molecule has 0 aliphatic carbocycles. The molecule has 0 saturated heterocycles. The van der Waals surface area contributed by atoms with Gasteiger partial charge in [0, 0.05) is 17.3 Å². The van der Waals surface area contributed by atoms with Gasteiger partial charge in [0.15, 0.2) is 18.1 Å². The number of rotatable bonds is 7. The number of aromatic nitrogens is 4. The number of aryl methyl sites for hydroxylation is 1. The van der Waals surface area contributed by atoms with E-state index in [2.05, 4.69) is 20.6 Å². The Labute approximate surface area is 173 Å². The van der Waals surface area contributed by atoms with Crippen molar-refractivity contribution in [3.05, 3.63) is 66.5 Å². The second kappa shape index (κ2) is 8.60. The van der Waals surface area contributed by atoms with Gasteiger partial charge in [-0.15, -0.1) is 10.2 Å². The topological polar surface area (TPSA) is 90.6 Å². The van der Waals surface area contributed by atoms with Crippen molar-refractivity contribution in [2.75, 3.05) is 18.5 Å². The van der Waals surface area contributed by atoms with Crippen LogP contribution in [0, 0.1) is 6.92 Å². The molecule has 0 unspecified atom stereocenters. The number of ether oxygens (including phenoxy) is 2. The van der Waals surface area contributed by atoms with Gasteiger partial charge in [-0.25, -0.2) is 0 Å². The number of nitrogens with one attached hydrogen (secondary N) is 1. The lowest BCUT2D eigenvalue weighted by Gasteiger charge is -2.10. The third-order valence-electron chi connectivity index (χ3n) is 4.35. The highest BCUT2D eigenvalue weighted by atomic mass is 16.5. The second-order valence-corrected chi connectivity index (χ2v) is 6.56. The van der Waals surface area contributed by atoms with E-state index in [1.54, 1.807) is 16.6 Å². The standard InChI is InChI=1S/C22H21N5O3/c1-3-29-18-8-5-9-19(13-18)30-14-22(28)23-17-7-4-6-16(12-17)20-10-11-21-25-24-15(2)27(21)26-20/h4-13H,3,14H2,1-2H3,(H,23,28). The van der Waals surface area contributed by atoms with E-state index in [1.807, 2.05) is 62.4 Å². The first-order chi connectivity index (χ1) is 14.6. The zero-order valence-electron chi connectivity index (χ0n) is 16.7. The minimum Gasteiger partial charge on any atom is -0.494 e. The lowest BCUT2D eigenvalue weighted by molar-refractivity contribution is -0.118. The molecule has 0 spiro atoms. The van der Waals surface area contributed by atoms with Crippen molar-refractivity contribution in [3.63, 3.8) is 0 Å². The first kappa shape index (κ1) is 19.4. The molecule has 8 heteroatoms. The Balaban J connectivity index is 1.43. The number of benzene rings is 2.